The Hall–Kier alpha value is -0.280. The molecule has 2 N–H and O–H groups in total. The second kappa shape index (κ2) is 7.15. The first kappa shape index (κ1) is 19.7. The third-order valence-corrected chi connectivity index (χ3v) is 7.80. The minimum atomic E-state index is -0.292. The van der Waals surface area contributed by atoms with Gasteiger partial charge in [0.2, 0.25) is 0 Å². The Kier molecular flexibility index (Phi) is 5.02. The van der Waals surface area contributed by atoms with E-state index in [1.807, 2.05) is 14.2 Å². The molecule has 0 saturated carbocycles. The second-order valence-corrected chi connectivity index (χ2v) is 9.71. The summed E-state index contributed by atoms with van der Waals surface area (Å²) >= 11 is 0. The van der Waals surface area contributed by atoms with Gasteiger partial charge < -0.3 is 18.9 Å². The molecule has 5 saturated heterocycles. The summed E-state index contributed by atoms with van der Waals surface area (Å²) in [5.41, 5.74) is -0.585. The monoisotopic (exact) mass is 395 g/mol. The number of nitrogens with one attached hydrogen (secondary N) is 2. The first-order chi connectivity index (χ1) is 13.5. The number of hydrogen-bond donors (Lipinski definition) is 2. The fraction of sp³-hybridized carbons (Fsp3) is 1.00. The van der Waals surface area contributed by atoms with Gasteiger partial charge in [0.15, 0.2) is 0 Å². The van der Waals surface area contributed by atoms with Crippen LogP contribution in [0, 0.1) is 0 Å². The van der Waals surface area contributed by atoms with E-state index < -0.39 is 0 Å². The highest BCUT2D eigenvalue weighted by Crippen LogP contribution is 2.48. The molecular formula is C21H37N3O4. The molecule has 0 aromatic heterocycles. The maximum Gasteiger partial charge on any atom is 0.123 e. The SMILES string of the molecule is CO[C@@H]1[C@@H](OC)[C@@H]2C[C@]3(CCC[C@H](C)O3)NC3N[C@@]4(CCC[C@@H](C)O4)C[C@H]1N32. The van der Waals surface area contributed by atoms with Crippen LogP contribution in [0.25, 0.3) is 0 Å². The van der Waals surface area contributed by atoms with Crippen LogP contribution in [0.2, 0.25) is 0 Å². The fourth-order valence-electron chi connectivity index (χ4n) is 6.78. The molecule has 0 aliphatic carbocycles. The smallest absolute Gasteiger partial charge is 0.123 e. The van der Waals surface area contributed by atoms with Crippen molar-refractivity contribution in [2.45, 2.75) is 119 Å². The molecule has 5 aliphatic rings. The van der Waals surface area contributed by atoms with Gasteiger partial charge in [0.25, 0.3) is 0 Å². The lowest BCUT2D eigenvalue weighted by Gasteiger charge is -2.59. The maximum absolute atomic E-state index is 6.56. The average molecular weight is 396 g/mol. The van der Waals surface area contributed by atoms with Gasteiger partial charge in [-0.05, 0) is 52.4 Å². The Morgan fingerprint density at radius 1 is 0.821 bits per heavy atom. The highest BCUT2D eigenvalue weighted by Gasteiger charge is 2.63. The lowest BCUT2D eigenvalue weighted by atomic mass is 9.87. The summed E-state index contributed by atoms with van der Waals surface area (Å²) in [4.78, 5) is 2.56. The van der Waals surface area contributed by atoms with E-state index in [9.17, 15) is 0 Å². The maximum atomic E-state index is 6.56. The van der Waals surface area contributed by atoms with Gasteiger partial charge in [-0.3, -0.25) is 15.5 Å². The van der Waals surface area contributed by atoms with Crippen LogP contribution in [0.15, 0.2) is 0 Å². The highest BCUT2D eigenvalue weighted by molar-refractivity contribution is 5.14. The zero-order valence-electron chi connectivity index (χ0n) is 17.8. The van der Waals surface area contributed by atoms with E-state index in [0.29, 0.717) is 0 Å². The van der Waals surface area contributed by atoms with Crippen LogP contribution in [-0.2, 0) is 18.9 Å². The predicted octanol–water partition coefficient (Wildman–Crippen LogP) is 1.91. The second-order valence-electron chi connectivity index (χ2n) is 9.71. The van der Waals surface area contributed by atoms with E-state index >= 15 is 0 Å². The standard InChI is InChI=1S/C21H37N3O4/c1-13-7-5-9-20(27-13)11-15-17(25-3)18(26-4)16-12-21(10-6-8-14(2)28-21)23-19(22-20)24(15)16/h13-19,22-23H,5-12H2,1-4H3/t13-,14+,15-,16+,17-,18-,19?,20+,21+/m0/s1. The molecule has 2 spiro atoms. The molecule has 5 fully saturated rings. The van der Waals surface area contributed by atoms with Gasteiger partial charge >= 0.3 is 0 Å². The van der Waals surface area contributed by atoms with E-state index in [4.69, 9.17) is 18.9 Å². The minimum Gasteiger partial charge on any atom is -0.377 e. The number of hydrogen-bond acceptors (Lipinski definition) is 7. The van der Waals surface area contributed by atoms with E-state index in [-0.39, 0.29) is 54.2 Å². The first-order valence-electron chi connectivity index (χ1n) is 11.2. The van der Waals surface area contributed by atoms with Crippen LogP contribution in [-0.4, -0.2) is 73.4 Å². The highest BCUT2D eigenvalue weighted by atomic mass is 16.5. The number of methoxy groups -OCH3 is 2. The van der Waals surface area contributed by atoms with Gasteiger partial charge in [0, 0.05) is 39.1 Å². The molecule has 1 unspecified atom stereocenters. The van der Waals surface area contributed by atoms with E-state index in [0.717, 1.165) is 38.5 Å². The molecule has 0 radical (unpaired) electrons. The normalized spacial score (nSPS) is 54.2. The molecule has 5 rings (SSSR count). The third-order valence-electron chi connectivity index (χ3n) is 7.80. The molecular weight excluding hydrogens is 358 g/mol. The van der Waals surface area contributed by atoms with E-state index in [1.165, 1.54) is 12.8 Å². The Balaban J connectivity index is 1.50. The third kappa shape index (κ3) is 3.06. The minimum absolute atomic E-state index is 0.0194. The molecule has 5 heterocycles. The van der Waals surface area contributed by atoms with E-state index in [1.54, 1.807) is 0 Å². The quantitative estimate of drug-likeness (QED) is 0.740. The van der Waals surface area contributed by atoms with Crippen LogP contribution < -0.4 is 10.6 Å². The summed E-state index contributed by atoms with van der Waals surface area (Å²) in [6.07, 6.45) is 9.32. The van der Waals surface area contributed by atoms with Crippen molar-refractivity contribution in [3.05, 3.63) is 0 Å². The Labute approximate surface area is 168 Å². The number of nitrogens with zero attached hydrogens (tertiary/aromatic N) is 1. The van der Waals surface area contributed by atoms with Gasteiger partial charge in [-0.25, -0.2) is 0 Å². The molecule has 7 nitrogen and oxygen atoms in total. The molecule has 5 aliphatic heterocycles. The van der Waals surface area contributed by atoms with Gasteiger partial charge in [-0.2, -0.15) is 0 Å². The van der Waals surface area contributed by atoms with Crippen molar-refractivity contribution in [3.63, 3.8) is 0 Å². The molecule has 7 heteroatoms. The van der Waals surface area contributed by atoms with Crippen molar-refractivity contribution >= 4 is 0 Å². The van der Waals surface area contributed by atoms with Gasteiger partial charge in [0.05, 0.1) is 12.2 Å². The van der Waals surface area contributed by atoms with Crippen LogP contribution in [0.1, 0.15) is 65.2 Å². The molecule has 0 bridgehead atoms. The van der Waals surface area contributed by atoms with Crippen molar-refractivity contribution in [1.29, 1.82) is 0 Å². The van der Waals surface area contributed by atoms with E-state index in [2.05, 4.69) is 29.4 Å². The van der Waals surface area contributed by atoms with Gasteiger partial charge in [-0.1, -0.05) is 0 Å². The average Bonchev–Trinajstić information content (AvgIpc) is 2.93. The van der Waals surface area contributed by atoms with Crippen molar-refractivity contribution in [1.82, 2.24) is 15.5 Å². The summed E-state index contributed by atoms with van der Waals surface area (Å²) in [7, 11) is 3.65. The zero-order chi connectivity index (χ0) is 19.5. The number of ether oxygens (including phenoxy) is 4. The Morgan fingerprint density at radius 2 is 1.29 bits per heavy atom. The van der Waals surface area contributed by atoms with Crippen LogP contribution in [0.4, 0.5) is 0 Å². The lowest BCUT2D eigenvalue weighted by molar-refractivity contribution is -0.244. The Morgan fingerprint density at radius 3 is 1.68 bits per heavy atom. The summed E-state index contributed by atoms with van der Waals surface area (Å²) in [6.45, 7) is 4.39. The first-order valence-corrected chi connectivity index (χ1v) is 11.2. The molecule has 160 valence electrons. The molecule has 0 aromatic rings. The van der Waals surface area contributed by atoms with Crippen molar-refractivity contribution in [3.8, 4) is 0 Å². The zero-order valence-corrected chi connectivity index (χ0v) is 17.8. The molecule has 0 aromatic carbocycles. The van der Waals surface area contributed by atoms with Gasteiger partial charge in [0.1, 0.15) is 29.9 Å². The lowest BCUT2D eigenvalue weighted by Crippen LogP contribution is -2.79. The predicted molar refractivity (Wildman–Crippen MR) is 105 cm³/mol. The molecule has 28 heavy (non-hydrogen) atoms. The van der Waals surface area contributed by atoms with Crippen molar-refractivity contribution in [2.75, 3.05) is 14.2 Å². The summed E-state index contributed by atoms with van der Waals surface area (Å²) in [5, 5.41) is 7.76. The molecule has 9 atom stereocenters. The van der Waals surface area contributed by atoms with Crippen molar-refractivity contribution in [2.24, 2.45) is 0 Å². The van der Waals surface area contributed by atoms with Crippen molar-refractivity contribution < 1.29 is 18.9 Å². The van der Waals surface area contributed by atoms with Crippen LogP contribution in [0.3, 0.4) is 0 Å². The summed E-state index contributed by atoms with van der Waals surface area (Å²) in [5.74, 6) is 0. The summed E-state index contributed by atoms with van der Waals surface area (Å²) in [6, 6.07) is 0.560. The molecule has 0 amide bonds. The Bertz CT molecular complexity index is 546. The van der Waals surface area contributed by atoms with Crippen LogP contribution in [0.5, 0.6) is 0 Å². The van der Waals surface area contributed by atoms with Crippen LogP contribution >= 0.6 is 0 Å². The summed E-state index contributed by atoms with van der Waals surface area (Å²) < 4.78 is 25.2. The van der Waals surface area contributed by atoms with Gasteiger partial charge in [-0.15, -0.1) is 0 Å². The fourth-order valence-corrected chi connectivity index (χ4v) is 6.78. The largest absolute Gasteiger partial charge is 0.377 e. The number of rotatable bonds is 2. The topological polar surface area (TPSA) is 64.2 Å².